The van der Waals surface area contributed by atoms with Gasteiger partial charge < -0.3 is 15.0 Å². The zero-order valence-electron chi connectivity index (χ0n) is 14.2. The van der Waals surface area contributed by atoms with Crippen LogP contribution in [0.1, 0.15) is 10.4 Å². The maximum absolute atomic E-state index is 12.4. The molecule has 0 spiro atoms. The van der Waals surface area contributed by atoms with Gasteiger partial charge in [0.25, 0.3) is 5.91 Å². The SMILES string of the molecule is O=C(Nc1ccc(N2CCOCC2)cc1)c1ccc(-n2cncn2)cc1. The molecule has 4 rings (SSSR count). The molecule has 0 atom stereocenters. The standard InChI is InChI=1S/C19H19N5O2/c25-19(15-1-5-18(6-2-15)24-14-20-13-21-24)22-16-3-7-17(8-4-16)23-9-11-26-12-10-23/h1-8,13-14H,9-12H2,(H,22,25). The first-order valence-corrected chi connectivity index (χ1v) is 8.49. The van der Waals surface area contributed by atoms with Crippen molar-refractivity contribution in [3.63, 3.8) is 0 Å². The molecule has 1 amide bonds. The van der Waals surface area contributed by atoms with Crippen molar-refractivity contribution in [2.45, 2.75) is 0 Å². The lowest BCUT2D eigenvalue weighted by atomic mass is 10.2. The van der Waals surface area contributed by atoms with Gasteiger partial charge in [-0.2, -0.15) is 5.10 Å². The molecule has 1 aromatic heterocycles. The van der Waals surface area contributed by atoms with Crippen LogP contribution in [0.4, 0.5) is 11.4 Å². The number of nitrogens with zero attached hydrogens (tertiary/aromatic N) is 4. The van der Waals surface area contributed by atoms with E-state index in [1.807, 2.05) is 36.4 Å². The molecule has 0 aliphatic carbocycles. The van der Waals surface area contributed by atoms with Crippen LogP contribution in [0.3, 0.4) is 0 Å². The summed E-state index contributed by atoms with van der Waals surface area (Å²) in [6, 6.07) is 15.1. The Kier molecular flexibility index (Phi) is 4.61. The number of carbonyl (C=O) groups excluding carboxylic acids is 1. The molecule has 0 bridgehead atoms. The minimum atomic E-state index is -0.144. The van der Waals surface area contributed by atoms with Crippen molar-refractivity contribution in [1.29, 1.82) is 0 Å². The van der Waals surface area contributed by atoms with E-state index in [9.17, 15) is 4.79 Å². The van der Waals surface area contributed by atoms with Crippen LogP contribution in [0, 0.1) is 0 Å². The number of hydrogen-bond donors (Lipinski definition) is 1. The minimum absolute atomic E-state index is 0.144. The first-order valence-electron chi connectivity index (χ1n) is 8.49. The second kappa shape index (κ2) is 7.37. The summed E-state index contributed by atoms with van der Waals surface area (Å²) in [5, 5.41) is 6.99. The summed E-state index contributed by atoms with van der Waals surface area (Å²) in [6.07, 6.45) is 3.09. The molecule has 0 unspecified atom stereocenters. The molecule has 0 radical (unpaired) electrons. The molecule has 26 heavy (non-hydrogen) atoms. The zero-order chi connectivity index (χ0) is 17.8. The molecular weight excluding hydrogens is 330 g/mol. The smallest absolute Gasteiger partial charge is 0.255 e. The highest BCUT2D eigenvalue weighted by atomic mass is 16.5. The van der Waals surface area contributed by atoms with Gasteiger partial charge in [0.05, 0.1) is 18.9 Å². The van der Waals surface area contributed by atoms with Crippen LogP contribution in [-0.2, 0) is 4.74 Å². The summed E-state index contributed by atoms with van der Waals surface area (Å²) in [6.45, 7) is 3.29. The molecule has 1 aliphatic rings. The van der Waals surface area contributed by atoms with Gasteiger partial charge in [0, 0.05) is 30.0 Å². The fourth-order valence-electron chi connectivity index (χ4n) is 2.89. The maximum atomic E-state index is 12.4. The largest absolute Gasteiger partial charge is 0.378 e. The predicted molar refractivity (Wildman–Crippen MR) is 98.8 cm³/mol. The van der Waals surface area contributed by atoms with Crippen LogP contribution in [0.15, 0.2) is 61.2 Å². The molecule has 1 aliphatic heterocycles. The Bertz CT molecular complexity index is 854. The molecule has 2 heterocycles. The van der Waals surface area contributed by atoms with Crippen LogP contribution >= 0.6 is 0 Å². The molecule has 1 saturated heterocycles. The van der Waals surface area contributed by atoms with E-state index in [4.69, 9.17) is 4.74 Å². The fraction of sp³-hybridized carbons (Fsp3) is 0.211. The van der Waals surface area contributed by atoms with Crippen LogP contribution in [0.25, 0.3) is 5.69 Å². The number of ether oxygens (including phenoxy) is 1. The van der Waals surface area contributed by atoms with Gasteiger partial charge in [-0.25, -0.2) is 9.67 Å². The Morgan fingerprint density at radius 2 is 1.65 bits per heavy atom. The normalized spacial score (nSPS) is 14.2. The van der Waals surface area contributed by atoms with E-state index in [1.165, 1.54) is 6.33 Å². The minimum Gasteiger partial charge on any atom is -0.378 e. The Labute approximate surface area is 151 Å². The molecule has 1 fully saturated rings. The molecule has 3 aromatic rings. The lowest BCUT2D eigenvalue weighted by Gasteiger charge is -2.28. The zero-order valence-corrected chi connectivity index (χ0v) is 14.2. The number of benzene rings is 2. The van der Waals surface area contributed by atoms with Gasteiger partial charge in [-0.1, -0.05) is 0 Å². The molecular formula is C19H19N5O2. The van der Waals surface area contributed by atoms with Crippen LogP contribution in [0.5, 0.6) is 0 Å². The number of aromatic nitrogens is 3. The average molecular weight is 349 g/mol. The highest BCUT2D eigenvalue weighted by molar-refractivity contribution is 6.04. The Morgan fingerprint density at radius 1 is 0.962 bits per heavy atom. The van der Waals surface area contributed by atoms with Gasteiger partial charge in [0.2, 0.25) is 0 Å². The summed E-state index contributed by atoms with van der Waals surface area (Å²) in [4.78, 5) is 18.6. The number of rotatable bonds is 4. The van der Waals surface area contributed by atoms with Crippen molar-refractivity contribution in [2.75, 3.05) is 36.5 Å². The number of morpholine rings is 1. The van der Waals surface area contributed by atoms with E-state index >= 15 is 0 Å². The summed E-state index contributed by atoms with van der Waals surface area (Å²) in [5.74, 6) is -0.144. The van der Waals surface area contributed by atoms with Crippen molar-refractivity contribution in [2.24, 2.45) is 0 Å². The van der Waals surface area contributed by atoms with E-state index in [-0.39, 0.29) is 5.91 Å². The van der Waals surface area contributed by atoms with Crippen LogP contribution < -0.4 is 10.2 Å². The van der Waals surface area contributed by atoms with Crippen molar-refractivity contribution in [1.82, 2.24) is 14.8 Å². The van der Waals surface area contributed by atoms with Gasteiger partial charge in [-0.15, -0.1) is 0 Å². The first-order chi connectivity index (χ1) is 12.8. The third-order valence-electron chi connectivity index (χ3n) is 4.31. The first kappa shape index (κ1) is 16.3. The third-order valence-corrected chi connectivity index (χ3v) is 4.31. The number of carbonyl (C=O) groups is 1. The van der Waals surface area contributed by atoms with Crippen molar-refractivity contribution in [3.8, 4) is 5.69 Å². The highest BCUT2D eigenvalue weighted by Crippen LogP contribution is 2.19. The van der Waals surface area contributed by atoms with Gasteiger partial charge >= 0.3 is 0 Å². The topological polar surface area (TPSA) is 72.3 Å². The maximum Gasteiger partial charge on any atom is 0.255 e. The van der Waals surface area contributed by atoms with Crippen molar-refractivity contribution in [3.05, 3.63) is 66.7 Å². The summed E-state index contributed by atoms with van der Waals surface area (Å²) in [5.41, 5.74) is 3.36. The highest BCUT2D eigenvalue weighted by Gasteiger charge is 2.11. The monoisotopic (exact) mass is 349 g/mol. The third kappa shape index (κ3) is 3.57. The molecule has 132 valence electrons. The van der Waals surface area contributed by atoms with E-state index in [2.05, 4.69) is 20.3 Å². The Hall–Kier alpha value is -3.19. The summed E-state index contributed by atoms with van der Waals surface area (Å²) in [7, 11) is 0. The van der Waals surface area contributed by atoms with Crippen molar-refractivity contribution < 1.29 is 9.53 Å². The second-order valence-corrected chi connectivity index (χ2v) is 5.99. The van der Waals surface area contributed by atoms with Gasteiger partial charge in [0.1, 0.15) is 12.7 Å². The van der Waals surface area contributed by atoms with E-state index in [0.717, 1.165) is 43.4 Å². The fourth-order valence-corrected chi connectivity index (χ4v) is 2.89. The molecule has 2 aromatic carbocycles. The van der Waals surface area contributed by atoms with Gasteiger partial charge in [0.15, 0.2) is 0 Å². The lowest BCUT2D eigenvalue weighted by molar-refractivity contribution is 0.102. The number of amides is 1. The Balaban J connectivity index is 1.41. The molecule has 7 nitrogen and oxygen atoms in total. The van der Waals surface area contributed by atoms with Gasteiger partial charge in [-0.05, 0) is 48.5 Å². The van der Waals surface area contributed by atoms with Crippen LogP contribution in [0.2, 0.25) is 0 Å². The van der Waals surface area contributed by atoms with E-state index in [1.54, 1.807) is 23.1 Å². The molecule has 1 N–H and O–H groups in total. The average Bonchev–Trinajstić information content (AvgIpc) is 3.24. The molecule has 0 saturated carbocycles. The summed E-state index contributed by atoms with van der Waals surface area (Å²) >= 11 is 0. The van der Waals surface area contributed by atoms with E-state index in [0.29, 0.717) is 5.56 Å². The predicted octanol–water partition coefficient (Wildman–Crippen LogP) is 2.36. The van der Waals surface area contributed by atoms with E-state index < -0.39 is 0 Å². The summed E-state index contributed by atoms with van der Waals surface area (Å²) < 4.78 is 7.02. The Morgan fingerprint density at radius 3 is 2.31 bits per heavy atom. The number of nitrogens with one attached hydrogen (secondary N) is 1. The number of anilines is 2. The van der Waals surface area contributed by atoms with Crippen LogP contribution in [-0.4, -0.2) is 47.0 Å². The van der Waals surface area contributed by atoms with Crippen molar-refractivity contribution >= 4 is 17.3 Å². The van der Waals surface area contributed by atoms with Gasteiger partial charge in [-0.3, -0.25) is 4.79 Å². The number of hydrogen-bond acceptors (Lipinski definition) is 5. The molecule has 7 heteroatoms. The quantitative estimate of drug-likeness (QED) is 0.783. The lowest BCUT2D eigenvalue weighted by Crippen LogP contribution is -2.36. The second-order valence-electron chi connectivity index (χ2n) is 5.99.